The van der Waals surface area contributed by atoms with Crippen LogP contribution in [0.5, 0.6) is 11.5 Å². The zero-order valence-corrected chi connectivity index (χ0v) is 20.0. The first-order chi connectivity index (χ1) is 16.5. The van der Waals surface area contributed by atoms with E-state index in [1.807, 2.05) is 73.3 Å². The topological polar surface area (TPSA) is 68.3 Å². The second-order valence-electron chi connectivity index (χ2n) is 9.19. The van der Waals surface area contributed by atoms with Gasteiger partial charge in [0.15, 0.2) is 6.61 Å². The van der Waals surface area contributed by atoms with Crippen LogP contribution >= 0.6 is 0 Å². The third-order valence-electron chi connectivity index (χ3n) is 6.36. The molecule has 2 amide bonds. The molecule has 7 nitrogen and oxygen atoms in total. The van der Waals surface area contributed by atoms with E-state index in [1.54, 1.807) is 4.90 Å². The Labute approximate surface area is 201 Å². The second-order valence-corrected chi connectivity index (χ2v) is 9.19. The van der Waals surface area contributed by atoms with Gasteiger partial charge in [0.25, 0.3) is 5.91 Å². The van der Waals surface area contributed by atoms with Crippen molar-refractivity contribution >= 4 is 11.8 Å². The van der Waals surface area contributed by atoms with Crippen LogP contribution in [-0.2, 0) is 20.9 Å². The minimum atomic E-state index is -0.0519. The number of benzene rings is 2. The van der Waals surface area contributed by atoms with Gasteiger partial charge in [-0.1, -0.05) is 30.3 Å². The quantitative estimate of drug-likeness (QED) is 0.625. The van der Waals surface area contributed by atoms with Gasteiger partial charge in [-0.05, 0) is 56.5 Å². The molecule has 0 saturated carbocycles. The van der Waals surface area contributed by atoms with Crippen molar-refractivity contribution < 1.29 is 23.8 Å². The lowest BCUT2D eigenvalue weighted by atomic mass is 9.94. The van der Waals surface area contributed by atoms with Crippen LogP contribution in [0.2, 0.25) is 0 Å². The van der Waals surface area contributed by atoms with E-state index >= 15 is 0 Å². The highest BCUT2D eigenvalue weighted by Crippen LogP contribution is 2.23. The van der Waals surface area contributed by atoms with Crippen LogP contribution in [0.15, 0.2) is 54.6 Å². The van der Waals surface area contributed by atoms with Gasteiger partial charge in [-0.25, -0.2) is 0 Å². The number of piperidine rings is 1. The normalized spacial score (nSPS) is 21.2. The minimum Gasteiger partial charge on any atom is -0.489 e. The van der Waals surface area contributed by atoms with Crippen LogP contribution in [0.4, 0.5) is 0 Å². The third-order valence-corrected chi connectivity index (χ3v) is 6.36. The van der Waals surface area contributed by atoms with Crippen molar-refractivity contribution in [1.29, 1.82) is 0 Å². The number of hydrogen-bond donors (Lipinski definition) is 0. The van der Waals surface area contributed by atoms with Crippen LogP contribution < -0.4 is 9.47 Å². The fourth-order valence-corrected chi connectivity index (χ4v) is 4.60. The number of hydrogen-bond acceptors (Lipinski definition) is 5. The molecule has 2 fully saturated rings. The van der Waals surface area contributed by atoms with Crippen molar-refractivity contribution in [3.8, 4) is 11.5 Å². The molecular formula is C27H34N2O5. The monoisotopic (exact) mass is 466 g/mol. The summed E-state index contributed by atoms with van der Waals surface area (Å²) in [5, 5.41) is 0. The summed E-state index contributed by atoms with van der Waals surface area (Å²) >= 11 is 0. The molecular weight excluding hydrogens is 432 g/mol. The molecule has 4 rings (SSSR count). The summed E-state index contributed by atoms with van der Waals surface area (Å²) < 4.78 is 17.2. The number of nitrogens with zero attached hydrogens (tertiary/aromatic N) is 2. The van der Waals surface area contributed by atoms with Gasteiger partial charge in [-0.2, -0.15) is 0 Å². The maximum Gasteiger partial charge on any atom is 0.260 e. The Morgan fingerprint density at radius 3 is 2.06 bits per heavy atom. The zero-order chi connectivity index (χ0) is 23.9. The highest BCUT2D eigenvalue weighted by Gasteiger charge is 2.33. The van der Waals surface area contributed by atoms with E-state index in [0.717, 1.165) is 11.3 Å². The summed E-state index contributed by atoms with van der Waals surface area (Å²) in [6.45, 7) is 6.95. The van der Waals surface area contributed by atoms with Crippen LogP contribution in [0.25, 0.3) is 0 Å². The number of morpholine rings is 1. The third kappa shape index (κ3) is 6.50. The van der Waals surface area contributed by atoms with Gasteiger partial charge in [0, 0.05) is 32.1 Å². The first-order valence-electron chi connectivity index (χ1n) is 12.1. The number of ether oxygens (including phenoxy) is 3. The van der Waals surface area contributed by atoms with Crippen molar-refractivity contribution in [3.63, 3.8) is 0 Å². The molecule has 2 atom stereocenters. The Bertz CT molecular complexity index is 931. The van der Waals surface area contributed by atoms with Crippen LogP contribution in [0.1, 0.15) is 32.3 Å². The number of likely N-dealkylation sites (tertiary alicyclic amines) is 1. The van der Waals surface area contributed by atoms with Gasteiger partial charge in [0.2, 0.25) is 5.91 Å². The predicted molar refractivity (Wildman–Crippen MR) is 129 cm³/mol. The maximum absolute atomic E-state index is 12.9. The Kier molecular flexibility index (Phi) is 8.06. The Hall–Kier alpha value is -3.06. The maximum atomic E-state index is 12.9. The highest BCUT2D eigenvalue weighted by molar-refractivity contribution is 5.81. The lowest BCUT2D eigenvalue weighted by Crippen LogP contribution is -2.52. The fourth-order valence-electron chi connectivity index (χ4n) is 4.60. The van der Waals surface area contributed by atoms with E-state index in [-0.39, 0.29) is 36.5 Å². The molecule has 2 aliphatic rings. The predicted octanol–water partition coefficient (Wildman–Crippen LogP) is 3.52. The first kappa shape index (κ1) is 24.1. The van der Waals surface area contributed by atoms with Crippen LogP contribution in [0, 0.1) is 5.92 Å². The molecule has 0 aromatic heterocycles. The fraction of sp³-hybridized carbons (Fsp3) is 0.481. The number of carbonyl (C=O) groups is 2. The first-order valence-corrected chi connectivity index (χ1v) is 12.1. The SMILES string of the molecule is CC1CN(C(=O)C2CCN(C(=O)COc3ccc(OCc4ccccc4)cc3)CC2)CC(C)O1. The molecule has 2 aromatic carbocycles. The molecule has 0 N–H and O–H groups in total. The summed E-state index contributed by atoms with van der Waals surface area (Å²) in [6, 6.07) is 17.3. The molecule has 0 bridgehead atoms. The lowest BCUT2D eigenvalue weighted by molar-refractivity contribution is -0.150. The van der Waals surface area contributed by atoms with E-state index in [4.69, 9.17) is 14.2 Å². The smallest absolute Gasteiger partial charge is 0.260 e. The molecule has 0 spiro atoms. The van der Waals surface area contributed by atoms with Crippen molar-refractivity contribution in [3.05, 3.63) is 60.2 Å². The zero-order valence-electron chi connectivity index (χ0n) is 20.0. The van der Waals surface area contributed by atoms with Gasteiger partial charge in [0.05, 0.1) is 12.2 Å². The standard InChI is InChI=1S/C27H34N2O5/c1-20-16-29(17-21(2)34-20)27(31)23-12-14-28(15-13-23)26(30)19-33-25-10-8-24(9-11-25)32-18-22-6-4-3-5-7-22/h3-11,20-21,23H,12-19H2,1-2H3. The molecule has 7 heteroatoms. The summed E-state index contributed by atoms with van der Waals surface area (Å²) in [5.74, 6) is 1.49. The lowest BCUT2D eigenvalue weighted by Gasteiger charge is -2.39. The van der Waals surface area contributed by atoms with Crippen molar-refractivity contribution in [2.45, 2.75) is 45.5 Å². The van der Waals surface area contributed by atoms with Gasteiger partial charge in [0.1, 0.15) is 18.1 Å². The summed E-state index contributed by atoms with van der Waals surface area (Å²) in [5.41, 5.74) is 1.10. The molecule has 2 saturated heterocycles. The molecule has 182 valence electrons. The number of rotatable bonds is 7. The molecule has 0 aliphatic carbocycles. The van der Waals surface area contributed by atoms with Gasteiger partial charge < -0.3 is 24.0 Å². The summed E-state index contributed by atoms with van der Waals surface area (Å²) in [6.07, 6.45) is 1.52. The van der Waals surface area contributed by atoms with E-state index < -0.39 is 0 Å². The van der Waals surface area contributed by atoms with E-state index in [9.17, 15) is 9.59 Å². The largest absolute Gasteiger partial charge is 0.489 e. The Morgan fingerprint density at radius 1 is 0.853 bits per heavy atom. The van der Waals surface area contributed by atoms with Crippen LogP contribution in [-0.4, -0.2) is 66.6 Å². The molecule has 2 aliphatic heterocycles. The average Bonchev–Trinajstić information content (AvgIpc) is 2.86. The van der Waals surface area contributed by atoms with Crippen molar-refractivity contribution in [2.24, 2.45) is 5.92 Å². The number of carbonyl (C=O) groups excluding carboxylic acids is 2. The summed E-state index contributed by atoms with van der Waals surface area (Å²) in [7, 11) is 0. The minimum absolute atomic E-state index is 0.0126. The van der Waals surface area contributed by atoms with Crippen LogP contribution in [0.3, 0.4) is 0 Å². The Morgan fingerprint density at radius 2 is 1.44 bits per heavy atom. The summed E-state index contributed by atoms with van der Waals surface area (Å²) in [4.78, 5) is 29.3. The van der Waals surface area contributed by atoms with Gasteiger partial charge in [-0.15, -0.1) is 0 Å². The average molecular weight is 467 g/mol. The number of amides is 2. The molecule has 2 aromatic rings. The van der Waals surface area contributed by atoms with Gasteiger partial charge >= 0.3 is 0 Å². The highest BCUT2D eigenvalue weighted by atomic mass is 16.5. The second kappa shape index (κ2) is 11.4. The van der Waals surface area contributed by atoms with E-state index in [0.29, 0.717) is 51.4 Å². The molecule has 2 heterocycles. The van der Waals surface area contributed by atoms with Gasteiger partial charge in [-0.3, -0.25) is 9.59 Å². The molecule has 34 heavy (non-hydrogen) atoms. The van der Waals surface area contributed by atoms with E-state index in [1.165, 1.54) is 0 Å². The molecule has 0 radical (unpaired) electrons. The Balaban J connectivity index is 1.18. The van der Waals surface area contributed by atoms with Crippen molar-refractivity contribution in [2.75, 3.05) is 32.8 Å². The van der Waals surface area contributed by atoms with E-state index in [2.05, 4.69) is 0 Å². The van der Waals surface area contributed by atoms with Crippen molar-refractivity contribution in [1.82, 2.24) is 9.80 Å². The molecule has 2 unspecified atom stereocenters.